The molecule has 0 saturated carbocycles. The lowest BCUT2D eigenvalue weighted by Gasteiger charge is -2.25. The van der Waals surface area contributed by atoms with Crippen LogP contribution >= 0.6 is 23.2 Å². The molecule has 1 N–H and O–H groups in total. The van der Waals surface area contributed by atoms with Gasteiger partial charge in [-0.25, -0.2) is 19.3 Å². The van der Waals surface area contributed by atoms with E-state index in [0.717, 1.165) is 5.39 Å². The van der Waals surface area contributed by atoms with Gasteiger partial charge in [0.15, 0.2) is 0 Å². The Balaban J connectivity index is 1.54. The summed E-state index contributed by atoms with van der Waals surface area (Å²) in [6.07, 6.45) is 0. The second kappa shape index (κ2) is 10.2. The first-order chi connectivity index (χ1) is 16.9. The zero-order chi connectivity index (χ0) is 24.4. The smallest absolute Gasteiger partial charge is 0.240 e. The fourth-order valence-electron chi connectivity index (χ4n) is 3.84. The topological polar surface area (TPSA) is 80.2 Å². The Hall–Kier alpha value is -3.17. The zero-order valence-corrected chi connectivity index (χ0v) is 20.0. The monoisotopic (exact) mass is 511 g/mol. The summed E-state index contributed by atoms with van der Waals surface area (Å²) in [6.45, 7) is 2.72. The van der Waals surface area contributed by atoms with E-state index in [1.807, 2.05) is 11.0 Å². The lowest BCUT2D eigenvalue weighted by molar-refractivity contribution is -0.118. The van der Waals surface area contributed by atoms with E-state index in [4.69, 9.17) is 27.9 Å². The SMILES string of the molecule is O=C(CN1CCOCC1)Nc1nc(-c2ccc(F)cc2)cc(-c2cc3cc(Cl)ccc3nc2Cl)n1. The maximum atomic E-state index is 13.5. The van der Waals surface area contributed by atoms with Crippen molar-refractivity contribution < 1.29 is 13.9 Å². The van der Waals surface area contributed by atoms with Crippen LogP contribution in [0.1, 0.15) is 0 Å². The maximum absolute atomic E-state index is 13.5. The average molecular weight is 512 g/mol. The molecule has 0 radical (unpaired) electrons. The van der Waals surface area contributed by atoms with Gasteiger partial charge in [0.25, 0.3) is 0 Å². The molecular weight excluding hydrogens is 492 g/mol. The summed E-state index contributed by atoms with van der Waals surface area (Å²) in [6, 6.07) is 14.8. The van der Waals surface area contributed by atoms with Crippen LogP contribution in [0.25, 0.3) is 33.4 Å². The number of rotatable bonds is 5. The molecule has 1 saturated heterocycles. The van der Waals surface area contributed by atoms with Gasteiger partial charge in [0.05, 0.1) is 36.7 Å². The number of ether oxygens (including phenoxy) is 1. The number of pyridine rings is 1. The van der Waals surface area contributed by atoms with Crippen LogP contribution in [0.4, 0.5) is 10.3 Å². The number of carbonyl (C=O) groups is 1. The van der Waals surface area contributed by atoms with Crippen LogP contribution < -0.4 is 5.32 Å². The summed E-state index contributed by atoms with van der Waals surface area (Å²) in [5.41, 5.74) is 2.86. The van der Waals surface area contributed by atoms with Crippen LogP contribution in [-0.2, 0) is 9.53 Å². The number of benzene rings is 2. The van der Waals surface area contributed by atoms with Crippen molar-refractivity contribution in [2.24, 2.45) is 0 Å². The quantitative estimate of drug-likeness (QED) is 0.376. The van der Waals surface area contributed by atoms with Crippen LogP contribution in [0.2, 0.25) is 10.2 Å². The fraction of sp³-hybridized carbons (Fsp3) is 0.200. The molecule has 7 nitrogen and oxygen atoms in total. The van der Waals surface area contributed by atoms with Crippen LogP contribution in [0, 0.1) is 5.82 Å². The molecule has 4 aromatic rings. The van der Waals surface area contributed by atoms with Gasteiger partial charge in [-0.1, -0.05) is 23.2 Å². The van der Waals surface area contributed by atoms with Gasteiger partial charge in [-0.2, -0.15) is 0 Å². The predicted molar refractivity (Wildman–Crippen MR) is 134 cm³/mol. The number of nitrogens with one attached hydrogen (secondary N) is 1. The highest BCUT2D eigenvalue weighted by Crippen LogP contribution is 2.32. The molecular formula is C25H20Cl2FN5O2. The van der Waals surface area contributed by atoms with Gasteiger partial charge in [0, 0.05) is 34.6 Å². The normalized spacial score (nSPS) is 14.3. The molecule has 178 valence electrons. The van der Waals surface area contributed by atoms with E-state index in [0.29, 0.717) is 59.4 Å². The molecule has 0 spiro atoms. The van der Waals surface area contributed by atoms with Crippen LogP contribution in [0.15, 0.2) is 54.6 Å². The number of halogens is 3. The fourth-order valence-corrected chi connectivity index (χ4v) is 4.26. The molecule has 5 rings (SSSR count). The maximum Gasteiger partial charge on any atom is 0.240 e. The van der Waals surface area contributed by atoms with Crippen LogP contribution in [0.3, 0.4) is 0 Å². The predicted octanol–water partition coefficient (Wildman–Crippen LogP) is 5.08. The number of hydrogen-bond donors (Lipinski definition) is 1. The van der Waals surface area contributed by atoms with Gasteiger partial charge in [-0.05, 0) is 54.6 Å². The molecule has 35 heavy (non-hydrogen) atoms. The van der Waals surface area contributed by atoms with Crippen molar-refractivity contribution in [2.45, 2.75) is 0 Å². The highest BCUT2D eigenvalue weighted by Gasteiger charge is 2.18. The number of carbonyl (C=O) groups excluding carboxylic acids is 1. The number of aromatic nitrogens is 3. The highest BCUT2D eigenvalue weighted by molar-refractivity contribution is 6.33. The number of hydrogen-bond acceptors (Lipinski definition) is 6. The third-order valence-electron chi connectivity index (χ3n) is 5.59. The molecule has 1 aliphatic heterocycles. The molecule has 1 fully saturated rings. The summed E-state index contributed by atoms with van der Waals surface area (Å²) in [5, 5.41) is 4.39. The van der Waals surface area contributed by atoms with Crippen LogP contribution in [-0.4, -0.2) is 58.6 Å². The van der Waals surface area contributed by atoms with Gasteiger partial charge in [-0.3, -0.25) is 15.0 Å². The summed E-state index contributed by atoms with van der Waals surface area (Å²) >= 11 is 12.7. The second-order valence-corrected chi connectivity index (χ2v) is 8.86. The molecule has 1 amide bonds. The molecule has 2 aromatic heterocycles. The Morgan fingerprint density at radius 2 is 1.71 bits per heavy atom. The van der Waals surface area contributed by atoms with Crippen molar-refractivity contribution in [3.8, 4) is 22.5 Å². The first-order valence-corrected chi connectivity index (χ1v) is 11.7. The number of morpholine rings is 1. The lowest BCUT2D eigenvalue weighted by atomic mass is 10.1. The van der Waals surface area contributed by atoms with Gasteiger partial charge in [0.1, 0.15) is 11.0 Å². The number of fused-ring (bicyclic) bond motifs is 1. The lowest BCUT2D eigenvalue weighted by Crippen LogP contribution is -2.41. The summed E-state index contributed by atoms with van der Waals surface area (Å²) in [4.78, 5) is 28.2. The Kier molecular flexibility index (Phi) is 6.88. The zero-order valence-electron chi connectivity index (χ0n) is 18.5. The largest absolute Gasteiger partial charge is 0.379 e. The Morgan fingerprint density at radius 1 is 0.971 bits per heavy atom. The minimum Gasteiger partial charge on any atom is -0.379 e. The number of nitrogens with zero attached hydrogens (tertiary/aromatic N) is 4. The summed E-state index contributed by atoms with van der Waals surface area (Å²) in [7, 11) is 0. The molecule has 2 aromatic carbocycles. The third-order valence-corrected chi connectivity index (χ3v) is 6.12. The molecule has 3 heterocycles. The van der Waals surface area contributed by atoms with E-state index in [1.54, 1.807) is 36.4 Å². The van der Waals surface area contributed by atoms with Crippen molar-refractivity contribution in [1.82, 2.24) is 19.9 Å². The van der Waals surface area contributed by atoms with E-state index < -0.39 is 0 Å². The third kappa shape index (κ3) is 5.57. The van der Waals surface area contributed by atoms with E-state index in [2.05, 4.69) is 20.3 Å². The van der Waals surface area contributed by atoms with Crippen molar-refractivity contribution in [3.05, 3.63) is 70.6 Å². The Labute approximate surface area is 210 Å². The van der Waals surface area contributed by atoms with Crippen molar-refractivity contribution in [2.75, 3.05) is 38.2 Å². The van der Waals surface area contributed by atoms with E-state index in [1.165, 1.54) is 12.1 Å². The van der Waals surface area contributed by atoms with E-state index in [-0.39, 0.29) is 29.4 Å². The second-order valence-electron chi connectivity index (χ2n) is 8.07. The van der Waals surface area contributed by atoms with E-state index >= 15 is 0 Å². The van der Waals surface area contributed by atoms with Gasteiger partial charge in [0.2, 0.25) is 11.9 Å². The van der Waals surface area contributed by atoms with E-state index in [9.17, 15) is 9.18 Å². The first kappa shape index (κ1) is 23.6. The molecule has 0 bridgehead atoms. The first-order valence-electron chi connectivity index (χ1n) is 11.0. The van der Waals surface area contributed by atoms with Crippen molar-refractivity contribution in [3.63, 3.8) is 0 Å². The minimum absolute atomic E-state index is 0.113. The average Bonchev–Trinajstić information content (AvgIpc) is 2.84. The summed E-state index contributed by atoms with van der Waals surface area (Å²) < 4.78 is 18.8. The molecule has 0 unspecified atom stereocenters. The number of anilines is 1. The number of amides is 1. The van der Waals surface area contributed by atoms with Gasteiger partial charge in [-0.15, -0.1) is 0 Å². The molecule has 0 aliphatic carbocycles. The summed E-state index contributed by atoms with van der Waals surface area (Å²) in [5.74, 6) is -0.494. The minimum atomic E-state index is -0.360. The molecule has 10 heteroatoms. The van der Waals surface area contributed by atoms with Gasteiger partial charge < -0.3 is 4.74 Å². The van der Waals surface area contributed by atoms with Crippen molar-refractivity contribution in [1.29, 1.82) is 0 Å². The van der Waals surface area contributed by atoms with Crippen molar-refractivity contribution >= 4 is 46.0 Å². The standard InChI is InChI=1S/C25H20Cl2FN5O2/c26-17-3-6-20-16(11-17)12-19(24(27)29-20)22-13-21(15-1-4-18(28)5-2-15)30-25(31-22)32-23(34)14-33-7-9-35-10-8-33/h1-6,11-13H,7-10,14H2,(H,30,31,32,34). The molecule has 0 atom stereocenters. The Bertz CT molecular complexity index is 1400. The highest BCUT2D eigenvalue weighted by atomic mass is 35.5. The van der Waals surface area contributed by atoms with Crippen LogP contribution in [0.5, 0.6) is 0 Å². The Morgan fingerprint density at radius 3 is 2.49 bits per heavy atom. The molecule has 1 aliphatic rings. The van der Waals surface area contributed by atoms with Gasteiger partial charge >= 0.3 is 0 Å².